The summed E-state index contributed by atoms with van der Waals surface area (Å²) in [4.78, 5) is 28.2. The second-order valence-corrected chi connectivity index (χ2v) is 7.59. The van der Waals surface area contributed by atoms with Crippen molar-refractivity contribution in [3.8, 4) is 0 Å². The van der Waals surface area contributed by atoms with Crippen molar-refractivity contribution in [2.45, 2.75) is 19.4 Å². The van der Waals surface area contributed by atoms with Crippen LogP contribution in [0.3, 0.4) is 0 Å². The molecule has 0 spiro atoms. The summed E-state index contributed by atoms with van der Waals surface area (Å²) in [6, 6.07) is 19.6. The van der Waals surface area contributed by atoms with Crippen molar-refractivity contribution in [2.24, 2.45) is 0 Å². The van der Waals surface area contributed by atoms with E-state index in [0.717, 1.165) is 22.3 Å². The Morgan fingerprint density at radius 2 is 1.88 bits per heavy atom. The van der Waals surface area contributed by atoms with Gasteiger partial charge in [0.25, 0.3) is 5.91 Å². The Bertz CT molecular complexity index is 948. The first kappa shape index (κ1) is 16.7. The van der Waals surface area contributed by atoms with Gasteiger partial charge in [-0.25, -0.2) is 0 Å². The predicted octanol–water partition coefficient (Wildman–Crippen LogP) is 4.41. The maximum Gasteiger partial charge on any atom is 0.265 e. The summed E-state index contributed by atoms with van der Waals surface area (Å²) in [5.74, 6) is -0.0185. The van der Waals surface area contributed by atoms with Crippen LogP contribution >= 0.6 is 11.3 Å². The fourth-order valence-corrected chi connectivity index (χ4v) is 4.25. The van der Waals surface area contributed by atoms with E-state index in [1.165, 1.54) is 11.3 Å². The molecule has 0 bridgehead atoms. The number of fused-ring (bicyclic) bond motifs is 1. The summed E-state index contributed by atoms with van der Waals surface area (Å²) < 4.78 is 0. The molecule has 1 aliphatic heterocycles. The topological polar surface area (TPSA) is 37.4 Å². The Morgan fingerprint density at radius 3 is 2.62 bits per heavy atom. The highest BCUT2D eigenvalue weighted by atomic mass is 32.1. The molecule has 1 amide bonds. The lowest BCUT2D eigenvalue weighted by Gasteiger charge is -2.31. The summed E-state index contributed by atoms with van der Waals surface area (Å²) >= 11 is 1.41. The average molecular weight is 361 g/mol. The lowest BCUT2D eigenvalue weighted by Crippen LogP contribution is -2.37. The molecule has 1 atom stereocenters. The second-order valence-electron chi connectivity index (χ2n) is 6.64. The number of carbonyl (C=O) groups excluding carboxylic acids is 2. The Morgan fingerprint density at radius 1 is 1.08 bits per heavy atom. The molecular weight excluding hydrogens is 342 g/mol. The van der Waals surface area contributed by atoms with E-state index in [9.17, 15) is 9.59 Å². The number of amides is 1. The minimum Gasteiger partial charge on any atom is -0.319 e. The number of nitrogens with zero attached hydrogens (tertiary/aromatic N) is 1. The van der Waals surface area contributed by atoms with Crippen molar-refractivity contribution >= 4 is 23.0 Å². The molecule has 1 unspecified atom stereocenters. The molecule has 1 aliphatic rings. The summed E-state index contributed by atoms with van der Waals surface area (Å²) in [5.41, 5.74) is 4.21. The van der Waals surface area contributed by atoms with Gasteiger partial charge in [0.2, 0.25) is 0 Å². The molecule has 26 heavy (non-hydrogen) atoms. The number of Topliss-reactive ketones (excluding diaryl/α,β-unsaturated/α-hetero) is 1. The Kier molecular flexibility index (Phi) is 4.43. The quantitative estimate of drug-likeness (QED) is 0.678. The van der Waals surface area contributed by atoms with E-state index in [-0.39, 0.29) is 24.3 Å². The first-order valence-electron chi connectivity index (χ1n) is 8.64. The number of benzene rings is 2. The molecule has 3 aromatic rings. The largest absolute Gasteiger partial charge is 0.319 e. The third-order valence-corrected chi connectivity index (χ3v) is 5.61. The highest BCUT2D eigenvalue weighted by Crippen LogP contribution is 2.35. The number of thiophene rings is 1. The number of aryl methyl sites for hydroxylation is 1. The molecule has 0 N–H and O–H groups in total. The van der Waals surface area contributed by atoms with Gasteiger partial charge >= 0.3 is 0 Å². The average Bonchev–Trinajstić information content (AvgIpc) is 3.13. The van der Waals surface area contributed by atoms with Gasteiger partial charge in [0, 0.05) is 6.42 Å². The summed E-state index contributed by atoms with van der Waals surface area (Å²) in [5, 5.41) is 1.89. The van der Waals surface area contributed by atoms with Gasteiger partial charge in [-0.1, -0.05) is 60.2 Å². The van der Waals surface area contributed by atoms with Gasteiger partial charge in [-0.2, -0.15) is 0 Å². The van der Waals surface area contributed by atoms with Gasteiger partial charge in [-0.05, 0) is 35.1 Å². The Labute approximate surface area is 156 Å². The number of ketones is 1. The van der Waals surface area contributed by atoms with Crippen LogP contribution in [0.15, 0.2) is 66.0 Å². The molecule has 0 fully saturated rings. The van der Waals surface area contributed by atoms with Crippen LogP contribution in [-0.4, -0.2) is 23.1 Å². The van der Waals surface area contributed by atoms with Crippen LogP contribution in [0.1, 0.15) is 38.0 Å². The van der Waals surface area contributed by atoms with E-state index in [1.807, 2.05) is 66.9 Å². The molecule has 0 radical (unpaired) electrons. The molecule has 4 rings (SSSR count). The minimum atomic E-state index is -0.257. The van der Waals surface area contributed by atoms with Gasteiger partial charge in [0.15, 0.2) is 5.78 Å². The van der Waals surface area contributed by atoms with Crippen molar-refractivity contribution in [1.82, 2.24) is 4.90 Å². The molecule has 0 saturated carbocycles. The molecular formula is C22H19NO2S. The predicted molar refractivity (Wildman–Crippen MR) is 104 cm³/mol. The number of hydrogen-bond acceptors (Lipinski definition) is 3. The normalized spacial score (nSPS) is 16.9. The smallest absolute Gasteiger partial charge is 0.265 e. The van der Waals surface area contributed by atoms with Crippen LogP contribution < -0.4 is 0 Å². The van der Waals surface area contributed by atoms with Crippen molar-refractivity contribution < 1.29 is 9.59 Å². The molecule has 4 heteroatoms. The summed E-state index contributed by atoms with van der Waals surface area (Å²) in [6.45, 7) is 2.17. The molecule has 2 heterocycles. The number of hydrogen-bond donors (Lipinski definition) is 0. The molecule has 0 saturated heterocycles. The molecule has 1 aromatic heterocycles. The van der Waals surface area contributed by atoms with Crippen LogP contribution in [0.4, 0.5) is 0 Å². The maximum absolute atomic E-state index is 13.2. The SMILES string of the molecule is Cc1ccc2c(c1)C(c1ccccc1)N(C(=O)c1cccs1)CC(=O)C2. The van der Waals surface area contributed by atoms with Crippen LogP contribution in [-0.2, 0) is 11.2 Å². The summed E-state index contributed by atoms with van der Waals surface area (Å²) in [7, 11) is 0. The monoisotopic (exact) mass is 361 g/mol. The second kappa shape index (κ2) is 6.89. The van der Waals surface area contributed by atoms with E-state index >= 15 is 0 Å². The molecule has 3 nitrogen and oxygen atoms in total. The minimum absolute atomic E-state index is 0.0680. The van der Waals surface area contributed by atoms with E-state index in [0.29, 0.717) is 11.3 Å². The van der Waals surface area contributed by atoms with E-state index in [2.05, 4.69) is 6.07 Å². The van der Waals surface area contributed by atoms with Crippen molar-refractivity contribution in [2.75, 3.05) is 6.54 Å². The van der Waals surface area contributed by atoms with Crippen molar-refractivity contribution in [3.05, 3.63) is 93.2 Å². The van der Waals surface area contributed by atoms with E-state index in [1.54, 1.807) is 4.90 Å². The Hall–Kier alpha value is -2.72. The molecule has 2 aromatic carbocycles. The zero-order valence-electron chi connectivity index (χ0n) is 14.5. The number of carbonyl (C=O) groups is 2. The van der Waals surface area contributed by atoms with E-state index < -0.39 is 0 Å². The van der Waals surface area contributed by atoms with Gasteiger partial charge in [-0.15, -0.1) is 11.3 Å². The first-order chi connectivity index (χ1) is 12.6. The maximum atomic E-state index is 13.2. The zero-order valence-corrected chi connectivity index (χ0v) is 15.3. The molecule has 130 valence electrons. The fourth-order valence-electron chi connectivity index (χ4n) is 3.57. The summed E-state index contributed by atoms with van der Waals surface area (Å²) in [6.07, 6.45) is 0.368. The van der Waals surface area contributed by atoms with Crippen molar-refractivity contribution in [1.29, 1.82) is 0 Å². The zero-order chi connectivity index (χ0) is 18.1. The fraction of sp³-hybridized carbons (Fsp3) is 0.182. The highest BCUT2D eigenvalue weighted by Gasteiger charge is 2.34. The van der Waals surface area contributed by atoms with Gasteiger partial charge < -0.3 is 4.90 Å². The lowest BCUT2D eigenvalue weighted by molar-refractivity contribution is -0.119. The number of rotatable bonds is 2. The van der Waals surface area contributed by atoms with Crippen molar-refractivity contribution in [3.63, 3.8) is 0 Å². The van der Waals surface area contributed by atoms with Crippen LogP contribution in [0.5, 0.6) is 0 Å². The van der Waals surface area contributed by atoms with Crippen LogP contribution in [0.2, 0.25) is 0 Å². The van der Waals surface area contributed by atoms with Crippen LogP contribution in [0.25, 0.3) is 0 Å². The van der Waals surface area contributed by atoms with Crippen LogP contribution in [0, 0.1) is 6.92 Å². The standard InChI is InChI=1S/C22H19NO2S/c1-15-9-10-17-13-18(24)14-23(22(25)20-8-5-11-26-20)21(19(17)12-15)16-6-3-2-4-7-16/h2-12,21H,13-14H2,1H3. The lowest BCUT2D eigenvalue weighted by atomic mass is 9.91. The third-order valence-electron chi connectivity index (χ3n) is 4.75. The highest BCUT2D eigenvalue weighted by molar-refractivity contribution is 7.12. The van der Waals surface area contributed by atoms with Gasteiger partial charge in [0.05, 0.1) is 17.5 Å². The third kappa shape index (κ3) is 3.08. The first-order valence-corrected chi connectivity index (χ1v) is 9.52. The van der Waals surface area contributed by atoms with Gasteiger partial charge in [0.1, 0.15) is 0 Å². The Balaban J connectivity index is 1.90. The van der Waals surface area contributed by atoms with E-state index in [4.69, 9.17) is 0 Å². The van der Waals surface area contributed by atoms with Gasteiger partial charge in [-0.3, -0.25) is 9.59 Å². The molecule has 0 aliphatic carbocycles.